The first kappa shape index (κ1) is 12.9. The lowest BCUT2D eigenvalue weighted by molar-refractivity contribution is -0.117. The number of morpholine rings is 1. The lowest BCUT2D eigenvalue weighted by Gasteiger charge is -2.33. The van der Waals surface area contributed by atoms with Gasteiger partial charge in [-0.3, -0.25) is 4.90 Å². The zero-order valence-corrected chi connectivity index (χ0v) is 9.69. The van der Waals surface area contributed by atoms with Gasteiger partial charge in [0, 0.05) is 19.6 Å². The number of aliphatic hydroxyl groups is 1. The maximum absolute atomic E-state index is 9.22. The molecule has 0 aromatic carbocycles. The number of aliphatic hydroxyl groups excluding tert-OH is 1. The minimum absolute atomic E-state index is 0.0490. The van der Waals surface area contributed by atoms with Crippen LogP contribution in [0.3, 0.4) is 0 Å². The van der Waals surface area contributed by atoms with Crippen LogP contribution in [-0.4, -0.2) is 81.3 Å². The van der Waals surface area contributed by atoms with E-state index in [0.29, 0.717) is 6.61 Å². The molecule has 5 heteroatoms. The molecule has 1 atom stereocenters. The maximum atomic E-state index is 9.22. The van der Waals surface area contributed by atoms with Crippen molar-refractivity contribution >= 4 is 0 Å². The summed E-state index contributed by atoms with van der Waals surface area (Å²) in [6.45, 7) is 4.71. The molecule has 1 saturated heterocycles. The van der Waals surface area contributed by atoms with Crippen molar-refractivity contribution in [3.63, 3.8) is 0 Å². The van der Waals surface area contributed by atoms with E-state index in [1.54, 1.807) is 0 Å². The highest BCUT2D eigenvalue weighted by Gasteiger charge is 2.20. The second kappa shape index (κ2) is 7.14. The van der Waals surface area contributed by atoms with Gasteiger partial charge >= 0.3 is 0 Å². The molecular formula is C10H22N2O3. The minimum Gasteiger partial charge on any atom is -0.392 e. The number of ether oxygens (including phenoxy) is 2. The summed E-state index contributed by atoms with van der Waals surface area (Å²) >= 11 is 0. The standard InChI is InChI=1S/C10H22N2O3/c1-11(2)3-8-15-10(9-13)12-4-6-14-7-5-12/h10,13H,3-9H2,1-2H3. The summed E-state index contributed by atoms with van der Waals surface area (Å²) in [4.78, 5) is 4.19. The summed E-state index contributed by atoms with van der Waals surface area (Å²) in [6, 6.07) is 0. The minimum atomic E-state index is -0.172. The van der Waals surface area contributed by atoms with Crippen LogP contribution in [0, 0.1) is 0 Å². The van der Waals surface area contributed by atoms with E-state index in [9.17, 15) is 5.11 Å². The highest BCUT2D eigenvalue weighted by Crippen LogP contribution is 2.04. The number of rotatable bonds is 6. The van der Waals surface area contributed by atoms with Gasteiger partial charge in [0.05, 0.1) is 26.4 Å². The summed E-state index contributed by atoms with van der Waals surface area (Å²) in [5.74, 6) is 0. The number of hydrogen-bond donors (Lipinski definition) is 1. The first-order valence-corrected chi connectivity index (χ1v) is 5.43. The Hall–Kier alpha value is -0.200. The summed E-state index contributed by atoms with van der Waals surface area (Å²) in [7, 11) is 4.01. The molecule has 1 aliphatic rings. The van der Waals surface area contributed by atoms with Crippen LogP contribution in [0.25, 0.3) is 0 Å². The van der Waals surface area contributed by atoms with Crippen molar-refractivity contribution in [3.8, 4) is 0 Å². The molecule has 1 unspecified atom stereocenters. The average molecular weight is 218 g/mol. The van der Waals surface area contributed by atoms with Gasteiger partial charge in [0.15, 0.2) is 0 Å². The third kappa shape index (κ3) is 4.90. The fourth-order valence-corrected chi connectivity index (χ4v) is 1.51. The maximum Gasteiger partial charge on any atom is 0.134 e. The van der Waals surface area contributed by atoms with Gasteiger partial charge in [-0.15, -0.1) is 0 Å². The predicted molar refractivity (Wildman–Crippen MR) is 57.8 cm³/mol. The van der Waals surface area contributed by atoms with Gasteiger partial charge in [0.25, 0.3) is 0 Å². The number of nitrogens with zero attached hydrogens (tertiary/aromatic N) is 2. The molecule has 1 heterocycles. The first-order chi connectivity index (χ1) is 7.24. The Kier molecular flexibility index (Phi) is 6.12. The van der Waals surface area contributed by atoms with E-state index in [-0.39, 0.29) is 12.8 Å². The van der Waals surface area contributed by atoms with Crippen molar-refractivity contribution in [2.45, 2.75) is 6.23 Å². The van der Waals surface area contributed by atoms with Gasteiger partial charge in [-0.1, -0.05) is 0 Å². The van der Waals surface area contributed by atoms with Crippen molar-refractivity contribution in [1.29, 1.82) is 0 Å². The Morgan fingerprint density at radius 2 is 2.07 bits per heavy atom. The SMILES string of the molecule is CN(C)CCOC(CO)N1CCOCC1. The van der Waals surface area contributed by atoms with Crippen molar-refractivity contribution in [2.24, 2.45) is 0 Å². The third-order valence-corrected chi connectivity index (χ3v) is 2.46. The highest BCUT2D eigenvalue weighted by atomic mass is 16.5. The fraction of sp³-hybridized carbons (Fsp3) is 1.00. The van der Waals surface area contributed by atoms with Crippen LogP contribution in [0.15, 0.2) is 0 Å². The van der Waals surface area contributed by atoms with Gasteiger partial charge < -0.3 is 19.5 Å². The van der Waals surface area contributed by atoms with Crippen LogP contribution < -0.4 is 0 Å². The van der Waals surface area contributed by atoms with Crippen LogP contribution in [0.2, 0.25) is 0 Å². The molecule has 15 heavy (non-hydrogen) atoms. The zero-order chi connectivity index (χ0) is 11.1. The summed E-state index contributed by atoms with van der Waals surface area (Å²) in [5, 5.41) is 9.22. The molecule has 0 amide bonds. The largest absolute Gasteiger partial charge is 0.392 e. The van der Waals surface area contributed by atoms with Gasteiger partial charge in [-0.25, -0.2) is 0 Å². The Bertz CT molecular complexity index is 161. The van der Waals surface area contributed by atoms with E-state index in [1.807, 2.05) is 14.1 Å². The second-order valence-electron chi connectivity index (χ2n) is 3.96. The Labute approximate surface area is 91.6 Å². The third-order valence-electron chi connectivity index (χ3n) is 2.46. The molecule has 1 rings (SSSR count). The lowest BCUT2D eigenvalue weighted by Crippen LogP contribution is -2.47. The molecule has 1 aliphatic heterocycles. The summed E-state index contributed by atoms with van der Waals surface area (Å²) in [5.41, 5.74) is 0. The summed E-state index contributed by atoms with van der Waals surface area (Å²) < 4.78 is 10.9. The van der Waals surface area contributed by atoms with E-state index < -0.39 is 0 Å². The topological polar surface area (TPSA) is 45.2 Å². The fourth-order valence-electron chi connectivity index (χ4n) is 1.51. The number of hydrogen-bond acceptors (Lipinski definition) is 5. The van der Waals surface area contributed by atoms with Gasteiger partial charge in [-0.2, -0.15) is 0 Å². The van der Waals surface area contributed by atoms with Gasteiger partial charge in [-0.05, 0) is 14.1 Å². The van der Waals surface area contributed by atoms with Crippen LogP contribution >= 0.6 is 0 Å². The Morgan fingerprint density at radius 1 is 1.40 bits per heavy atom. The van der Waals surface area contributed by atoms with E-state index in [1.165, 1.54) is 0 Å². The average Bonchev–Trinajstić information content (AvgIpc) is 2.25. The molecule has 0 aliphatic carbocycles. The molecule has 0 radical (unpaired) electrons. The normalized spacial score (nSPS) is 20.8. The monoisotopic (exact) mass is 218 g/mol. The van der Waals surface area contributed by atoms with E-state index >= 15 is 0 Å². The van der Waals surface area contributed by atoms with Crippen molar-refractivity contribution < 1.29 is 14.6 Å². The zero-order valence-electron chi connectivity index (χ0n) is 9.69. The molecule has 1 N–H and O–H groups in total. The van der Waals surface area contributed by atoms with Crippen LogP contribution in [0.4, 0.5) is 0 Å². The van der Waals surface area contributed by atoms with Gasteiger partial charge in [0.2, 0.25) is 0 Å². The molecule has 0 aromatic heterocycles. The first-order valence-electron chi connectivity index (χ1n) is 5.43. The van der Waals surface area contributed by atoms with Crippen molar-refractivity contribution in [2.75, 3.05) is 60.2 Å². The summed E-state index contributed by atoms with van der Waals surface area (Å²) in [6.07, 6.45) is -0.172. The Morgan fingerprint density at radius 3 is 2.60 bits per heavy atom. The molecule has 0 saturated carbocycles. The van der Waals surface area contributed by atoms with Crippen molar-refractivity contribution in [1.82, 2.24) is 9.80 Å². The van der Waals surface area contributed by atoms with E-state index in [2.05, 4.69) is 9.80 Å². The molecule has 1 fully saturated rings. The second-order valence-corrected chi connectivity index (χ2v) is 3.96. The molecule has 0 aromatic rings. The van der Waals surface area contributed by atoms with Gasteiger partial charge in [0.1, 0.15) is 6.23 Å². The van der Waals surface area contributed by atoms with E-state index in [4.69, 9.17) is 9.47 Å². The molecule has 5 nitrogen and oxygen atoms in total. The van der Waals surface area contributed by atoms with Crippen LogP contribution in [0.5, 0.6) is 0 Å². The molecule has 0 bridgehead atoms. The molecular weight excluding hydrogens is 196 g/mol. The number of likely N-dealkylation sites (N-methyl/N-ethyl adjacent to an activating group) is 1. The van der Waals surface area contributed by atoms with E-state index in [0.717, 1.165) is 32.8 Å². The highest BCUT2D eigenvalue weighted by molar-refractivity contribution is 4.66. The van der Waals surface area contributed by atoms with Crippen molar-refractivity contribution in [3.05, 3.63) is 0 Å². The smallest absolute Gasteiger partial charge is 0.134 e. The van der Waals surface area contributed by atoms with Crippen LogP contribution in [-0.2, 0) is 9.47 Å². The Balaban J connectivity index is 2.21. The molecule has 0 spiro atoms. The quantitative estimate of drug-likeness (QED) is 0.633. The van der Waals surface area contributed by atoms with Crippen LogP contribution in [0.1, 0.15) is 0 Å². The molecule has 90 valence electrons. The lowest BCUT2D eigenvalue weighted by atomic mass is 10.4. The predicted octanol–water partition coefficient (Wildman–Crippen LogP) is -0.785.